The van der Waals surface area contributed by atoms with Gasteiger partial charge in [0.2, 0.25) is 0 Å². The number of rotatable bonds is 8. The molecule has 0 bridgehead atoms. The molecule has 150 valence electrons. The van der Waals surface area contributed by atoms with Crippen molar-refractivity contribution in [3.8, 4) is 5.75 Å². The van der Waals surface area contributed by atoms with Gasteiger partial charge >= 0.3 is 0 Å². The minimum Gasteiger partial charge on any atom is -0.484 e. The second-order valence-corrected chi connectivity index (χ2v) is 9.48. The number of carbonyl (C=O) groups is 1. The van der Waals surface area contributed by atoms with E-state index in [0.29, 0.717) is 22.4 Å². The molecule has 4 rings (SSSR count). The molecule has 0 radical (unpaired) electrons. The molecule has 1 aromatic heterocycles. The maximum absolute atomic E-state index is 12.8. The zero-order chi connectivity index (χ0) is 20.4. The Balaban J connectivity index is 1.48. The van der Waals surface area contributed by atoms with Crippen molar-refractivity contribution in [3.05, 3.63) is 69.4 Å². The summed E-state index contributed by atoms with van der Waals surface area (Å²) >= 11 is 11.0. The van der Waals surface area contributed by atoms with Gasteiger partial charge in [0.25, 0.3) is 0 Å². The molecule has 0 amide bonds. The van der Waals surface area contributed by atoms with E-state index in [0.717, 1.165) is 28.3 Å². The van der Waals surface area contributed by atoms with Gasteiger partial charge in [-0.25, -0.2) is 0 Å². The first-order valence-corrected chi connectivity index (χ1v) is 11.4. The van der Waals surface area contributed by atoms with Crippen molar-refractivity contribution in [2.45, 2.75) is 42.8 Å². The minimum atomic E-state index is -0.268. The van der Waals surface area contributed by atoms with Crippen LogP contribution < -0.4 is 4.74 Å². The van der Waals surface area contributed by atoms with Crippen molar-refractivity contribution in [1.29, 1.82) is 0 Å². The molecule has 5 nitrogen and oxygen atoms in total. The largest absolute Gasteiger partial charge is 0.484 e. The van der Waals surface area contributed by atoms with Crippen LogP contribution in [0.5, 0.6) is 5.75 Å². The molecule has 0 unspecified atom stereocenters. The molecule has 0 spiro atoms. The number of Topliss-reactive ketones (excluding diaryl/α,β-unsaturated/α-hetero) is 1. The van der Waals surface area contributed by atoms with Gasteiger partial charge < -0.3 is 4.74 Å². The summed E-state index contributed by atoms with van der Waals surface area (Å²) in [5.74, 6) is 1.44. The van der Waals surface area contributed by atoms with Crippen LogP contribution in [0.4, 0.5) is 0 Å². The predicted molar refractivity (Wildman–Crippen MR) is 118 cm³/mol. The van der Waals surface area contributed by atoms with Crippen LogP contribution in [0.15, 0.2) is 58.2 Å². The Kier molecular flexibility index (Phi) is 6.27. The third-order valence-electron chi connectivity index (χ3n) is 4.62. The Hall–Kier alpha value is -1.83. The van der Waals surface area contributed by atoms with Crippen LogP contribution >= 0.6 is 39.3 Å². The van der Waals surface area contributed by atoms with Crippen LogP contribution in [0.3, 0.4) is 0 Å². The SMILES string of the molecule is C[C@@H](Sc1nnc(COc2ccccc2Cl)n1C1CC1)C(=O)c1ccc(Br)cc1. The minimum absolute atomic E-state index is 0.0710. The number of para-hydroxylation sites is 1. The number of halogens is 2. The highest BCUT2D eigenvalue weighted by Crippen LogP contribution is 2.40. The molecule has 1 atom stereocenters. The Morgan fingerprint density at radius 2 is 1.97 bits per heavy atom. The second-order valence-electron chi connectivity index (χ2n) is 6.85. The van der Waals surface area contributed by atoms with Crippen LogP contribution in [0.25, 0.3) is 0 Å². The van der Waals surface area contributed by atoms with Gasteiger partial charge in [0.15, 0.2) is 16.8 Å². The number of carbonyl (C=O) groups excluding carboxylic acids is 1. The van der Waals surface area contributed by atoms with Gasteiger partial charge in [-0.3, -0.25) is 9.36 Å². The number of hydrogen-bond acceptors (Lipinski definition) is 5. The van der Waals surface area contributed by atoms with E-state index in [1.807, 2.05) is 49.4 Å². The lowest BCUT2D eigenvalue weighted by molar-refractivity contribution is 0.0994. The summed E-state index contributed by atoms with van der Waals surface area (Å²) in [6.45, 7) is 2.18. The smallest absolute Gasteiger partial charge is 0.192 e. The Morgan fingerprint density at radius 1 is 1.24 bits per heavy atom. The summed E-state index contributed by atoms with van der Waals surface area (Å²) < 4.78 is 8.91. The Morgan fingerprint density at radius 3 is 2.66 bits per heavy atom. The van der Waals surface area contributed by atoms with Gasteiger partial charge in [-0.1, -0.05) is 63.6 Å². The molecule has 8 heteroatoms. The zero-order valence-electron chi connectivity index (χ0n) is 15.7. The molecular weight excluding hydrogens is 474 g/mol. The number of ketones is 1. The van der Waals surface area contributed by atoms with Gasteiger partial charge in [-0.05, 0) is 44.0 Å². The van der Waals surface area contributed by atoms with E-state index in [1.54, 1.807) is 6.07 Å². The van der Waals surface area contributed by atoms with E-state index >= 15 is 0 Å². The van der Waals surface area contributed by atoms with Crippen LogP contribution in [-0.4, -0.2) is 25.8 Å². The number of aromatic nitrogens is 3. The number of benzene rings is 2. The molecule has 1 aliphatic rings. The summed E-state index contributed by atoms with van der Waals surface area (Å²) in [6.07, 6.45) is 2.17. The standard InChI is InChI=1S/C21H19BrClN3O2S/c1-13(20(27)14-6-8-15(22)9-7-14)29-21-25-24-19(26(21)16-10-11-16)12-28-18-5-3-2-4-17(18)23/h2-9,13,16H,10-12H2,1H3/t13-/m1/s1. The Bertz CT molecular complexity index is 1020. The molecule has 1 fully saturated rings. The average Bonchev–Trinajstić information content (AvgIpc) is 3.48. The molecule has 1 saturated carbocycles. The lowest BCUT2D eigenvalue weighted by atomic mass is 10.1. The maximum Gasteiger partial charge on any atom is 0.192 e. The van der Waals surface area contributed by atoms with Gasteiger partial charge in [-0.15, -0.1) is 10.2 Å². The highest BCUT2D eigenvalue weighted by molar-refractivity contribution is 9.10. The molecule has 29 heavy (non-hydrogen) atoms. The fourth-order valence-electron chi connectivity index (χ4n) is 2.95. The highest BCUT2D eigenvalue weighted by atomic mass is 79.9. The molecule has 2 aromatic carbocycles. The van der Waals surface area contributed by atoms with Crippen molar-refractivity contribution in [3.63, 3.8) is 0 Å². The quantitative estimate of drug-likeness (QED) is 0.286. The molecule has 3 aromatic rings. The van der Waals surface area contributed by atoms with Gasteiger partial charge in [0, 0.05) is 16.1 Å². The normalized spacial score (nSPS) is 14.6. The van der Waals surface area contributed by atoms with E-state index in [2.05, 4.69) is 30.7 Å². The van der Waals surface area contributed by atoms with Crippen molar-refractivity contribution in [2.24, 2.45) is 0 Å². The van der Waals surface area contributed by atoms with Crippen molar-refractivity contribution >= 4 is 45.1 Å². The zero-order valence-corrected chi connectivity index (χ0v) is 18.9. The topological polar surface area (TPSA) is 57.0 Å². The number of thioether (sulfide) groups is 1. The maximum atomic E-state index is 12.8. The molecular formula is C21H19BrClN3O2S. The summed E-state index contributed by atoms with van der Waals surface area (Å²) in [5.41, 5.74) is 0.688. The lowest BCUT2D eigenvalue weighted by Gasteiger charge is -2.13. The number of hydrogen-bond donors (Lipinski definition) is 0. The first-order chi connectivity index (χ1) is 14.0. The summed E-state index contributed by atoms with van der Waals surface area (Å²) in [6, 6.07) is 15.1. The van der Waals surface area contributed by atoms with E-state index in [9.17, 15) is 4.79 Å². The molecule has 0 aliphatic heterocycles. The van der Waals surface area contributed by atoms with E-state index in [4.69, 9.17) is 16.3 Å². The van der Waals surface area contributed by atoms with E-state index in [-0.39, 0.29) is 17.6 Å². The van der Waals surface area contributed by atoms with Crippen LogP contribution in [0, 0.1) is 0 Å². The summed E-state index contributed by atoms with van der Waals surface area (Å²) in [7, 11) is 0. The van der Waals surface area contributed by atoms with Gasteiger partial charge in [0.05, 0.1) is 10.3 Å². The average molecular weight is 493 g/mol. The Labute approximate surface area is 186 Å². The lowest BCUT2D eigenvalue weighted by Crippen LogP contribution is -2.15. The number of ether oxygens (including phenoxy) is 1. The highest BCUT2D eigenvalue weighted by Gasteiger charge is 2.31. The van der Waals surface area contributed by atoms with Crippen molar-refractivity contribution in [1.82, 2.24) is 14.8 Å². The molecule has 1 aliphatic carbocycles. The fourth-order valence-corrected chi connectivity index (χ4v) is 4.42. The number of nitrogens with zero attached hydrogens (tertiary/aromatic N) is 3. The predicted octanol–water partition coefficient (Wildman–Crippen LogP) is 5.97. The third kappa shape index (κ3) is 4.85. The van der Waals surface area contributed by atoms with Gasteiger partial charge in [-0.2, -0.15) is 0 Å². The van der Waals surface area contributed by atoms with Crippen molar-refractivity contribution < 1.29 is 9.53 Å². The molecule has 0 N–H and O–H groups in total. The first-order valence-electron chi connectivity index (χ1n) is 9.30. The van der Waals surface area contributed by atoms with E-state index in [1.165, 1.54) is 11.8 Å². The van der Waals surface area contributed by atoms with Crippen molar-refractivity contribution in [2.75, 3.05) is 0 Å². The summed E-state index contributed by atoms with van der Waals surface area (Å²) in [5, 5.41) is 9.72. The van der Waals surface area contributed by atoms with Crippen LogP contribution in [-0.2, 0) is 6.61 Å². The first kappa shape index (κ1) is 20.4. The fraction of sp³-hybridized carbons (Fsp3) is 0.286. The molecule has 0 saturated heterocycles. The monoisotopic (exact) mass is 491 g/mol. The van der Waals surface area contributed by atoms with E-state index < -0.39 is 0 Å². The van der Waals surface area contributed by atoms with Gasteiger partial charge in [0.1, 0.15) is 12.4 Å². The summed E-state index contributed by atoms with van der Waals surface area (Å²) in [4.78, 5) is 12.8. The van der Waals surface area contributed by atoms with Crippen LogP contribution in [0.2, 0.25) is 5.02 Å². The van der Waals surface area contributed by atoms with Crippen LogP contribution in [0.1, 0.15) is 42.0 Å². The second kappa shape index (κ2) is 8.90. The molecule has 1 heterocycles. The third-order valence-corrected chi connectivity index (χ3v) is 6.52.